The molecule has 0 aromatic rings. The molecule has 0 bridgehead atoms. The second-order valence-corrected chi connectivity index (χ2v) is 2.46. The van der Waals surface area contributed by atoms with Crippen LogP contribution >= 0.6 is 0 Å². The van der Waals surface area contributed by atoms with E-state index in [2.05, 4.69) is 5.01 Å². The Kier molecular flexibility index (Phi) is 2.38. The molecule has 1 saturated carbocycles. The average Bonchev–Trinajstić information content (AvgIpc) is 1.91. The smallest absolute Gasteiger partial charge is 0.184 e. The lowest BCUT2D eigenvalue weighted by Gasteiger charge is -2.13. The van der Waals surface area contributed by atoms with Crippen LogP contribution in [0.4, 0.5) is 0 Å². The maximum absolute atomic E-state index is 6.44. The van der Waals surface area contributed by atoms with Crippen LogP contribution in [-0.2, 0) is 4.84 Å². The second-order valence-electron chi connectivity index (χ2n) is 2.46. The van der Waals surface area contributed by atoms with Crippen molar-refractivity contribution in [2.45, 2.75) is 38.2 Å². The van der Waals surface area contributed by atoms with Crippen LogP contribution < -0.4 is 0 Å². The molecule has 1 rings (SSSR count). The molecule has 50 valence electrons. The Morgan fingerprint density at radius 3 is 2.44 bits per heavy atom. The van der Waals surface area contributed by atoms with E-state index in [4.69, 9.17) is 11.4 Å². The molecule has 0 aliphatic heterocycles. The minimum Gasteiger partial charge on any atom is -0.196 e. The SMILES string of the molecule is [C-]#[N+]OC1CCCCC1. The summed E-state index contributed by atoms with van der Waals surface area (Å²) in [6, 6.07) is 0. The highest BCUT2D eigenvalue weighted by atomic mass is 16.6. The zero-order valence-electron chi connectivity index (χ0n) is 5.47. The number of hydrogen-bond acceptors (Lipinski definition) is 1. The van der Waals surface area contributed by atoms with Crippen molar-refractivity contribution in [1.82, 2.24) is 0 Å². The van der Waals surface area contributed by atoms with Gasteiger partial charge in [-0.15, -0.1) is 0 Å². The van der Waals surface area contributed by atoms with Crippen molar-refractivity contribution in [3.05, 3.63) is 11.6 Å². The fourth-order valence-corrected chi connectivity index (χ4v) is 1.25. The molecule has 1 fully saturated rings. The van der Waals surface area contributed by atoms with Gasteiger partial charge < -0.3 is 0 Å². The first-order valence-electron chi connectivity index (χ1n) is 3.46. The van der Waals surface area contributed by atoms with Gasteiger partial charge in [0, 0.05) is 0 Å². The predicted octanol–water partition coefficient (Wildman–Crippen LogP) is 2.17. The summed E-state index contributed by atoms with van der Waals surface area (Å²) in [5.41, 5.74) is 0. The number of hydrogen-bond donors (Lipinski definition) is 0. The van der Waals surface area contributed by atoms with Crippen molar-refractivity contribution in [1.29, 1.82) is 0 Å². The van der Waals surface area contributed by atoms with Gasteiger partial charge in [-0.1, -0.05) is 6.42 Å². The van der Waals surface area contributed by atoms with Gasteiger partial charge in [-0.25, -0.2) is 0 Å². The largest absolute Gasteiger partial charge is 0.196 e. The molecule has 0 N–H and O–H groups in total. The van der Waals surface area contributed by atoms with E-state index in [0.717, 1.165) is 12.8 Å². The normalized spacial score (nSPS) is 20.8. The van der Waals surface area contributed by atoms with Crippen LogP contribution in [0.1, 0.15) is 32.1 Å². The summed E-state index contributed by atoms with van der Waals surface area (Å²) in [7, 11) is 0. The van der Waals surface area contributed by atoms with Crippen molar-refractivity contribution in [2.24, 2.45) is 0 Å². The first-order valence-corrected chi connectivity index (χ1v) is 3.46. The summed E-state index contributed by atoms with van der Waals surface area (Å²) in [6.07, 6.45) is 6.21. The Morgan fingerprint density at radius 2 is 1.89 bits per heavy atom. The van der Waals surface area contributed by atoms with Gasteiger partial charge in [-0.2, -0.15) is 11.4 Å². The van der Waals surface area contributed by atoms with E-state index in [1.165, 1.54) is 19.3 Å². The molecule has 0 radical (unpaired) electrons. The van der Waals surface area contributed by atoms with Crippen molar-refractivity contribution in [3.63, 3.8) is 0 Å². The Bertz CT molecular complexity index is 111. The Morgan fingerprint density at radius 1 is 1.22 bits per heavy atom. The van der Waals surface area contributed by atoms with Crippen molar-refractivity contribution in [2.75, 3.05) is 0 Å². The monoisotopic (exact) mass is 125 g/mol. The van der Waals surface area contributed by atoms with E-state index in [1.54, 1.807) is 0 Å². The third-order valence-corrected chi connectivity index (χ3v) is 1.75. The van der Waals surface area contributed by atoms with Crippen molar-refractivity contribution < 1.29 is 4.84 Å². The van der Waals surface area contributed by atoms with Gasteiger partial charge in [0.05, 0.1) is 0 Å². The van der Waals surface area contributed by atoms with Crippen LogP contribution in [0, 0.1) is 6.57 Å². The molecule has 0 spiro atoms. The topological polar surface area (TPSA) is 13.6 Å². The third kappa shape index (κ3) is 1.93. The highest BCUT2D eigenvalue weighted by Crippen LogP contribution is 2.19. The van der Waals surface area contributed by atoms with Crippen LogP contribution in [0.2, 0.25) is 0 Å². The Hall–Kier alpha value is -0.710. The molecule has 0 amide bonds. The quantitative estimate of drug-likeness (QED) is 0.387. The molecule has 0 saturated heterocycles. The fraction of sp³-hybridized carbons (Fsp3) is 0.857. The minimum absolute atomic E-state index is 0.247. The highest BCUT2D eigenvalue weighted by Gasteiger charge is 2.16. The van der Waals surface area contributed by atoms with Crippen LogP contribution in [0.5, 0.6) is 0 Å². The molecular weight excluding hydrogens is 114 g/mol. The maximum atomic E-state index is 6.44. The van der Waals surface area contributed by atoms with Gasteiger partial charge in [-0.05, 0) is 30.7 Å². The molecule has 2 nitrogen and oxygen atoms in total. The summed E-state index contributed by atoms with van der Waals surface area (Å²) < 4.78 is 0. The van der Waals surface area contributed by atoms with Crippen LogP contribution in [0.15, 0.2) is 0 Å². The molecular formula is C7H11NO. The summed E-state index contributed by atoms with van der Waals surface area (Å²) in [5.74, 6) is 0. The van der Waals surface area contributed by atoms with Gasteiger partial charge in [0.25, 0.3) is 0 Å². The lowest BCUT2D eigenvalue weighted by atomic mass is 9.98. The van der Waals surface area contributed by atoms with Gasteiger partial charge in [0.2, 0.25) is 0 Å². The Balaban J connectivity index is 2.17. The summed E-state index contributed by atoms with van der Waals surface area (Å²) in [5, 5.41) is 2.91. The fourth-order valence-electron chi connectivity index (χ4n) is 1.25. The summed E-state index contributed by atoms with van der Waals surface area (Å²) in [4.78, 5) is 4.77. The number of rotatable bonds is 1. The van der Waals surface area contributed by atoms with E-state index < -0.39 is 0 Å². The standard InChI is InChI=1S/C7H11NO/c1-8-9-7-5-3-2-4-6-7/h7H,2-6H2. The van der Waals surface area contributed by atoms with Gasteiger partial charge in [-0.3, -0.25) is 0 Å². The van der Waals surface area contributed by atoms with E-state index in [1.807, 2.05) is 0 Å². The molecule has 0 aromatic carbocycles. The third-order valence-electron chi connectivity index (χ3n) is 1.75. The van der Waals surface area contributed by atoms with Crippen LogP contribution in [0.25, 0.3) is 5.01 Å². The second kappa shape index (κ2) is 3.34. The molecule has 0 unspecified atom stereocenters. The first-order chi connectivity index (χ1) is 4.43. The Labute approximate surface area is 55.6 Å². The molecule has 1 aliphatic rings. The van der Waals surface area contributed by atoms with E-state index in [9.17, 15) is 0 Å². The van der Waals surface area contributed by atoms with E-state index in [-0.39, 0.29) is 6.10 Å². The van der Waals surface area contributed by atoms with Crippen molar-refractivity contribution in [3.8, 4) is 0 Å². The lowest BCUT2D eigenvalue weighted by Crippen LogP contribution is -2.12. The van der Waals surface area contributed by atoms with E-state index >= 15 is 0 Å². The molecule has 9 heavy (non-hydrogen) atoms. The van der Waals surface area contributed by atoms with Crippen LogP contribution in [0.3, 0.4) is 0 Å². The predicted molar refractivity (Wildman–Crippen MR) is 34.6 cm³/mol. The average molecular weight is 125 g/mol. The molecule has 1 aliphatic carbocycles. The first kappa shape index (κ1) is 6.41. The number of nitrogens with zero attached hydrogens (tertiary/aromatic N) is 1. The van der Waals surface area contributed by atoms with Gasteiger partial charge >= 0.3 is 0 Å². The zero-order valence-corrected chi connectivity index (χ0v) is 5.47. The maximum Gasteiger partial charge on any atom is 0.184 e. The van der Waals surface area contributed by atoms with Crippen LogP contribution in [-0.4, -0.2) is 6.10 Å². The summed E-state index contributed by atoms with van der Waals surface area (Å²) in [6.45, 7) is 6.44. The van der Waals surface area contributed by atoms with E-state index in [0.29, 0.717) is 0 Å². The van der Waals surface area contributed by atoms with Crippen molar-refractivity contribution >= 4 is 0 Å². The lowest BCUT2D eigenvalue weighted by molar-refractivity contribution is 0.101. The summed E-state index contributed by atoms with van der Waals surface area (Å²) >= 11 is 0. The zero-order chi connectivity index (χ0) is 6.53. The van der Waals surface area contributed by atoms with Gasteiger partial charge in [0.15, 0.2) is 6.10 Å². The molecule has 0 heterocycles. The van der Waals surface area contributed by atoms with Gasteiger partial charge in [0.1, 0.15) is 0 Å². The molecule has 2 heteroatoms. The molecule has 0 aromatic heterocycles. The highest BCUT2D eigenvalue weighted by molar-refractivity contribution is 4.65. The minimum atomic E-state index is 0.247. The molecule has 0 atom stereocenters.